The second-order valence-electron chi connectivity index (χ2n) is 4.98. The van der Waals surface area contributed by atoms with Crippen molar-refractivity contribution in [3.63, 3.8) is 0 Å². The van der Waals surface area contributed by atoms with Crippen molar-refractivity contribution in [2.24, 2.45) is 0 Å². The van der Waals surface area contributed by atoms with Crippen LogP contribution in [0.2, 0.25) is 0 Å². The molecule has 0 aliphatic rings. The second kappa shape index (κ2) is 7.52. The molecule has 1 amide bonds. The van der Waals surface area contributed by atoms with Gasteiger partial charge in [-0.1, -0.05) is 24.3 Å². The lowest BCUT2D eigenvalue weighted by Crippen LogP contribution is -2.37. The first-order valence-electron chi connectivity index (χ1n) is 7.35. The topological polar surface area (TPSA) is 63.2 Å². The van der Waals surface area contributed by atoms with E-state index in [4.69, 9.17) is 17.0 Å². The maximum absolute atomic E-state index is 11.9. The van der Waals surface area contributed by atoms with Gasteiger partial charge in [0.15, 0.2) is 11.7 Å². The van der Waals surface area contributed by atoms with Crippen LogP contribution in [0, 0.1) is 0 Å². The molecule has 3 rings (SSSR count). The van der Waals surface area contributed by atoms with Crippen LogP contribution in [-0.4, -0.2) is 22.6 Å². The van der Waals surface area contributed by atoms with Gasteiger partial charge in [-0.25, -0.2) is 0 Å². The van der Waals surface area contributed by atoms with E-state index in [-0.39, 0.29) is 17.6 Å². The molecule has 0 aliphatic heterocycles. The number of nitrogens with one attached hydrogen (secondary N) is 2. The van der Waals surface area contributed by atoms with E-state index in [1.165, 1.54) is 0 Å². The first kappa shape index (κ1) is 15.9. The Morgan fingerprint density at radius 2 is 1.88 bits per heavy atom. The molecule has 5 nitrogen and oxygen atoms in total. The number of carbonyl (C=O) groups is 1. The summed E-state index contributed by atoms with van der Waals surface area (Å²) >= 11 is 5.19. The average molecular weight is 337 g/mol. The molecular formula is C18H15N3O2S. The van der Waals surface area contributed by atoms with E-state index in [0.29, 0.717) is 5.75 Å². The van der Waals surface area contributed by atoms with Crippen LogP contribution in [0.4, 0.5) is 5.69 Å². The zero-order valence-electron chi connectivity index (χ0n) is 12.7. The van der Waals surface area contributed by atoms with Gasteiger partial charge >= 0.3 is 0 Å². The number of fused-ring (bicyclic) bond motifs is 1. The van der Waals surface area contributed by atoms with Crippen molar-refractivity contribution in [1.29, 1.82) is 0 Å². The summed E-state index contributed by atoms with van der Waals surface area (Å²) in [4.78, 5) is 16.2. The fourth-order valence-electron chi connectivity index (χ4n) is 2.19. The highest BCUT2D eigenvalue weighted by molar-refractivity contribution is 7.80. The zero-order chi connectivity index (χ0) is 16.8. The van der Waals surface area contributed by atoms with Crippen molar-refractivity contribution in [3.05, 3.63) is 66.9 Å². The summed E-state index contributed by atoms with van der Waals surface area (Å²) in [6.45, 7) is -0.108. The van der Waals surface area contributed by atoms with Gasteiger partial charge in [0.25, 0.3) is 5.91 Å². The first-order valence-corrected chi connectivity index (χ1v) is 7.75. The molecule has 0 atom stereocenters. The van der Waals surface area contributed by atoms with Crippen LogP contribution in [0.15, 0.2) is 66.9 Å². The lowest BCUT2D eigenvalue weighted by atomic mass is 10.2. The summed E-state index contributed by atoms with van der Waals surface area (Å²) in [5, 5.41) is 6.76. The lowest BCUT2D eigenvalue weighted by Gasteiger charge is -2.12. The fraction of sp³-hybridized carbons (Fsp3) is 0.0556. The van der Waals surface area contributed by atoms with Crippen LogP contribution in [0.25, 0.3) is 10.9 Å². The molecule has 0 spiro atoms. The summed E-state index contributed by atoms with van der Waals surface area (Å²) in [6.07, 6.45) is 1.73. The van der Waals surface area contributed by atoms with Gasteiger partial charge in [-0.2, -0.15) is 0 Å². The number of benzene rings is 2. The summed E-state index contributed by atoms with van der Waals surface area (Å²) in [5.74, 6) is 0.307. The Morgan fingerprint density at radius 3 is 2.71 bits per heavy atom. The van der Waals surface area contributed by atoms with Gasteiger partial charge in [0, 0.05) is 17.3 Å². The van der Waals surface area contributed by atoms with E-state index in [1.807, 2.05) is 48.5 Å². The van der Waals surface area contributed by atoms with Crippen LogP contribution < -0.4 is 15.4 Å². The maximum atomic E-state index is 11.9. The normalized spacial score (nSPS) is 10.2. The molecule has 0 aliphatic carbocycles. The number of para-hydroxylation sites is 1. The number of rotatable bonds is 4. The molecule has 0 unspecified atom stereocenters. The number of hydrogen-bond acceptors (Lipinski definition) is 4. The molecule has 0 fully saturated rings. The molecule has 0 radical (unpaired) electrons. The predicted molar refractivity (Wildman–Crippen MR) is 98.0 cm³/mol. The number of aromatic nitrogens is 1. The highest BCUT2D eigenvalue weighted by Gasteiger charge is 2.08. The number of hydrogen-bond donors (Lipinski definition) is 2. The van der Waals surface area contributed by atoms with E-state index in [9.17, 15) is 4.79 Å². The Bertz CT molecular complexity index is 863. The lowest BCUT2D eigenvalue weighted by molar-refractivity contribution is -0.121. The first-order chi connectivity index (χ1) is 11.7. The molecule has 2 N–H and O–H groups in total. The molecule has 24 heavy (non-hydrogen) atoms. The van der Waals surface area contributed by atoms with Crippen molar-refractivity contribution < 1.29 is 9.53 Å². The third-order valence-corrected chi connectivity index (χ3v) is 3.46. The van der Waals surface area contributed by atoms with Crippen molar-refractivity contribution in [3.8, 4) is 5.75 Å². The number of amides is 1. The van der Waals surface area contributed by atoms with Gasteiger partial charge in [0.05, 0.1) is 5.52 Å². The van der Waals surface area contributed by atoms with Gasteiger partial charge < -0.3 is 10.1 Å². The van der Waals surface area contributed by atoms with Crippen molar-refractivity contribution in [2.75, 3.05) is 11.9 Å². The summed E-state index contributed by atoms with van der Waals surface area (Å²) in [5.41, 5.74) is 1.64. The molecule has 1 aromatic heterocycles. The number of carbonyl (C=O) groups excluding carboxylic acids is 1. The van der Waals surface area contributed by atoms with Gasteiger partial charge in [-0.3, -0.25) is 15.1 Å². The molecule has 2 aromatic carbocycles. The Balaban J connectivity index is 1.58. The highest BCUT2D eigenvalue weighted by Crippen LogP contribution is 2.21. The minimum atomic E-state index is -0.324. The van der Waals surface area contributed by atoms with E-state index >= 15 is 0 Å². The standard InChI is InChI=1S/C18H15N3O2S/c22-17(12-23-13-6-2-1-3-7-13)21-18(24)20-16-10-4-9-15-14(16)8-5-11-19-15/h1-11H,12H2,(H2,20,21,22,24). The van der Waals surface area contributed by atoms with Gasteiger partial charge in [-0.05, 0) is 48.6 Å². The van der Waals surface area contributed by atoms with Gasteiger partial charge in [0.2, 0.25) is 0 Å². The van der Waals surface area contributed by atoms with Crippen LogP contribution in [0.5, 0.6) is 5.75 Å². The van der Waals surface area contributed by atoms with E-state index in [1.54, 1.807) is 18.3 Å². The molecule has 0 saturated carbocycles. The number of ether oxygens (including phenoxy) is 1. The number of anilines is 1. The largest absolute Gasteiger partial charge is 0.484 e. The third kappa shape index (κ3) is 4.05. The van der Waals surface area contributed by atoms with Crippen molar-refractivity contribution in [2.45, 2.75) is 0 Å². The minimum absolute atomic E-state index is 0.108. The summed E-state index contributed by atoms with van der Waals surface area (Å²) in [7, 11) is 0. The van der Waals surface area contributed by atoms with Gasteiger partial charge in [0.1, 0.15) is 5.75 Å². The van der Waals surface area contributed by atoms with Crippen molar-refractivity contribution >= 4 is 39.8 Å². The number of thiocarbonyl (C=S) groups is 1. The Labute approximate surface area is 144 Å². The molecule has 120 valence electrons. The van der Waals surface area contributed by atoms with Crippen LogP contribution >= 0.6 is 12.2 Å². The number of nitrogens with zero attached hydrogens (tertiary/aromatic N) is 1. The van der Waals surface area contributed by atoms with Crippen molar-refractivity contribution in [1.82, 2.24) is 10.3 Å². The molecule has 0 saturated heterocycles. The Morgan fingerprint density at radius 1 is 1.04 bits per heavy atom. The minimum Gasteiger partial charge on any atom is -0.484 e. The molecular weight excluding hydrogens is 322 g/mol. The van der Waals surface area contributed by atoms with Crippen LogP contribution in [-0.2, 0) is 4.79 Å². The van der Waals surface area contributed by atoms with Gasteiger partial charge in [-0.15, -0.1) is 0 Å². The molecule has 1 heterocycles. The second-order valence-corrected chi connectivity index (χ2v) is 5.39. The predicted octanol–water partition coefficient (Wildman–Crippen LogP) is 3.13. The molecule has 6 heteroatoms. The quantitative estimate of drug-likeness (QED) is 0.716. The highest BCUT2D eigenvalue weighted by atomic mass is 32.1. The van der Waals surface area contributed by atoms with Crippen LogP contribution in [0.1, 0.15) is 0 Å². The SMILES string of the molecule is O=C(COc1ccccc1)NC(=S)Nc1cccc2ncccc12. The summed E-state index contributed by atoms with van der Waals surface area (Å²) in [6, 6.07) is 18.6. The van der Waals surface area contributed by atoms with E-state index < -0.39 is 0 Å². The molecule has 0 bridgehead atoms. The molecule has 3 aromatic rings. The van der Waals surface area contributed by atoms with Crippen LogP contribution in [0.3, 0.4) is 0 Å². The fourth-order valence-corrected chi connectivity index (χ4v) is 2.42. The maximum Gasteiger partial charge on any atom is 0.264 e. The Hall–Kier alpha value is -2.99. The smallest absolute Gasteiger partial charge is 0.264 e. The van der Waals surface area contributed by atoms with E-state index in [2.05, 4.69) is 15.6 Å². The van der Waals surface area contributed by atoms with E-state index in [0.717, 1.165) is 16.6 Å². The third-order valence-electron chi connectivity index (χ3n) is 3.26. The summed E-state index contributed by atoms with van der Waals surface area (Å²) < 4.78 is 5.38. The Kier molecular flexibility index (Phi) is 4.98. The average Bonchev–Trinajstić information content (AvgIpc) is 2.61. The monoisotopic (exact) mass is 337 g/mol. The zero-order valence-corrected chi connectivity index (χ0v) is 13.5. The number of pyridine rings is 1.